The van der Waals surface area contributed by atoms with Crippen molar-refractivity contribution in [3.63, 3.8) is 0 Å². The predicted molar refractivity (Wildman–Crippen MR) is 62.0 cm³/mol. The summed E-state index contributed by atoms with van der Waals surface area (Å²) in [5.41, 5.74) is 4.54. The lowest BCUT2D eigenvalue weighted by atomic mass is 10.4. The number of primary amides is 1. The molecule has 9 heteroatoms. The van der Waals surface area contributed by atoms with Crippen molar-refractivity contribution in [3.8, 4) is 0 Å². The summed E-state index contributed by atoms with van der Waals surface area (Å²) < 4.78 is 0. The number of nitroso groups, excluding NO2 is 1. The third-order valence-corrected chi connectivity index (χ3v) is 2.11. The molecule has 0 spiro atoms. The van der Waals surface area contributed by atoms with E-state index in [0.717, 1.165) is 26.2 Å². The normalized spacial score (nSPS) is 14.5. The zero-order valence-corrected chi connectivity index (χ0v) is 9.81. The van der Waals surface area contributed by atoms with Gasteiger partial charge in [0, 0.05) is 33.2 Å². The van der Waals surface area contributed by atoms with Crippen LogP contribution in [0.15, 0.2) is 5.29 Å². The average Bonchev–Trinajstić information content (AvgIpc) is 2.29. The summed E-state index contributed by atoms with van der Waals surface area (Å²) in [6, 6.07) is -0.852. The molecule has 1 fully saturated rings. The second kappa shape index (κ2) is 7.88. The highest BCUT2D eigenvalue weighted by atomic mass is 32.1. The second-order valence-corrected chi connectivity index (χ2v) is 3.35. The number of urea groups is 1. The van der Waals surface area contributed by atoms with Crippen LogP contribution >= 0.6 is 12.6 Å². The minimum absolute atomic E-state index is 0.114. The highest BCUT2D eigenvalue weighted by molar-refractivity contribution is 7.96. The van der Waals surface area contributed by atoms with Gasteiger partial charge in [-0.25, -0.2) is 4.79 Å². The predicted octanol–water partition coefficient (Wildman–Crippen LogP) is -0.380. The summed E-state index contributed by atoms with van der Waals surface area (Å²) in [6.45, 7) is 3.38. The van der Waals surface area contributed by atoms with Crippen molar-refractivity contribution in [2.45, 2.75) is 0 Å². The smallest absolute Gasteiger partial charge is 0.337 e. The van der Waals surface area contributed by atoms with Crippen LogP contribution < -0.4 is 11.1 Å². The van der Waals surface area contributed by atoms with Gasteiger partial charge in [-0.15, -0.1) is 4.91 Å². The van der Waals surface area contributed by atoms with Crippen molar-refractivity contribution in [2.24, 2.45) is 11.0 Å². The van der Waals surface area contributed by atoms with Crippen molar-refractivity contribution in [1.82, 2.24) is 15.2 Å². The number of thiol groups is 1. The van der Waals surface area contributed by atoms with Crippen LogP contribution in [0, 0.1) is 4.91 Å². The molecule has 0 aromatic heterocycles. The van der Waals surface area contributed by atoms with E-state index < -0.39 is 6.03 Å². The second-order valence-electron chi connectivity index (χ2n) is 2.96. The van der Waals surface area contributed by atoms with Gasteiger partial charge in [0.15, 0.2) is 0 Å². The summed E-state index contributed by atoms with van der Waals surface area (Å²) in [6.07, 6.45) is 0. The van der Waals surface area contributed by atoms with Crippen LogP contribution in [0.5, 0.6) is 0 Å². The van der Waals surface area contributed by atoms with E-state index in [1.54, 1.807) is 4.90 Å². The maximum Gasteiger partial charge on any atom is 0.337 e. The Morgan fingerprint density at radius 1 is 1.44 bits per heavy atom. The molecule has 1 aliphatic heterocycles. The Kier molecular flexibility index (Phi) is 7.21. The summed E-state index contributed by atoms with van der Waals surface area (Å²) in [4.78, 5) is 31.4. The molecule has 0 aliphatic carbocycles. The van der Waals surface area contributed by atoms with Gasteiger partial charge in [0.25, 0.3) is 5.24 Å². The Bertz CT molecular complexity index is 256. The Balaban J connectivity index is 0.000000293. The zero-order chi connectivity index (χ0) is 12.6. The molecule has 0 aromatic rings. The molecular formula is C7H15N5O3S. The molecule has 3 N–H and O–H groups in total. The van der Waals surface area contributed by atoms with Crippen LogP contribution in [0.1, 0.15) is 0 Å². The number of nitrogens with one attached hydrogen (secondary N) is 1. The van der Waals surface area contributed by atoms with Gasteiger partial charge in [0.1, 0.15) is 0 Å². The molecular weight excluding hydrogens is 234 g/mol. The third kappa shape index (κ3) is 6.19. The number of amides is 3. The highest BCUT2D eigenvalue weighted by Gasteiger charge is 2.11. The van der Waals surface area contributed by atoms with Gasteiger partial charge in [0.05, 0.1) is 5.29 Å². The van der Waals surface area contributed by atoms with Gasteiger partial charge in [-0.05, 0) is 0 Å². The van der Waals surface area contributed by atoms with Crippen LogP contribution in [-0.4, -0.2) is 54.4 Å². The first-order chi connectivity index (χ1) is 7.49. The van der Waals surface area contributed by atoms with E-state index in [2.05, 4.69) is 29.0 Å². The lowest BCUT2D eigenvalue weighted by Gasteiger charge is -2.25. The first-order valence-corrected chi connectivity index (χ1v) is 4.98. The quantitative estimate of drug-likeness (QED) is 0.334. The monoisotopic (exact) mass is 249 g/mol. The van der Waals surface area contributed by atoms with Gasteiger partial charge in [-0.1, -0.05) is 12.6 Å². The number of hydrogen-bond acceptors (Lipinski definition) is 5. The van der Waals surface area contributed by atoms with E-state index in [0.29, 0.717) is 5.01 Å². The fourth-order valence-corrected chi connectivity index (χ4v) is 1.10. The van der Waals surface area contributed by atoms with Crippen LogP contribution in [0.3, 0.4) is 0 Å². The lowest BCUT2D eigenvalue weighted by molar-refractivity contribution is 0.215. The largest absolute Gasteiger partial charge is 0.350 e. The van der Waals surface area contributed by atoms with Crippen LogP contribution in [0.2, 0.25) is 0 Å². The van der Waals surface area contributed by atoms with E-state index in [9.17, 15) is 14.5 Å². The fraction of sp³-hybridized carbons (Fsp3) is 0.714. The van der Waals surface area contributed by atoms with Crippen molar-refractivity contribution in [3.05, 3.63) is 4.91 Å². The van der Waals surface area contributed by atoms with Gasteiger partial charge in [-0.3, -0.25) is 4.79 Å². The van der Waals surface area contributed by atoms with Crippen molar-refractivity contribution < 1.29 is 9.59 Å². The zero-order valence-electron chi connectivity index (χ0n) is 8.92. The van der Waals surface area contributed by atoms with E-state index >= 15 is 0 Å². The van der Waals surface area contributed by atoms with Crippen LogP contribution in [0.4, 0.5) is 9.59 Å². The molecule has 16 heavy (non-hydrogen) atoms. The maximum absolute atomic E-state index is 10.6. The molecule has 8 nitrogen and oxygen atoms in total. The minimum Gasteiger partial charge on any atom is -0.350 e. The Morgan fingerprint density at radius 2 is 1.94 bits per heavy atom. The molecule has 0 atom stereocenters. The first-order valence-electron chi connectivity index (χ1n) is 4.54. The standard InChI is InChI=1S/C5H10N2OS.C2H5N3O2/c8-5(9)7-3-1-6-2-4-7;1-5(4-7)2(3)6/h6H,1-4H2,(H,8,9);1H3,(H2,3,6). The molecule has 3 amide bonds. The number of carbonyl (C=O) groups excluding carboxylic acids is 2. The Morgan fingerprint density at radius 3 is 2.12 bits per heavy atom. The van der Waals surface area contributed by atoms with Crippen LogP contribution in [0.25, 0.3) is 0 Å². The molecule has 0 radical (unpaired) electrons. The number of nitrogens with zero attached hydrogens (tertiary/aromatic N) is 3. The number of rotatable bonds is 1. The summed E-state index contributed by atoms with van der Waals surface area (Å²) in [5, 5.41) is 5.72. The number of nitrogens with two attached hydrogens (primary N) is 1. The fourth-order valence-electron chi connectivity index (χ4n) is 0.896. The van der Waals surface area contributed by atoms with Gasteiger partial charge >= 0.3 is 6.03 Å². The molecule has 1 saturated heterocycles. The molecule has 0 bridgehead atoms. The summed E-state index contributed by atoms with van der Waals surface area (Å²) in [7, 11) is 1.18. The average molecular weight is 249 g/mol. The molecule has 1 heterocycles. The summed E-state index contributed by atoms with van der Waals surface area (Å²) in [5.74, 6) is 0. The minimum atomic E-state index is -0.852. The molecule has 1 aliphatic rings. The summed E-state index contributed by atoms with van der Waals surface area (Å²) >= 11 is 3.70. The van der Waals surface area contributed by atoms with Crippen molar-refractivity contribution in [2.75, 3.05) is 33.2 Å². The highest BCUT2D eigenvalue weighted by Crippen LogP contribution is 1.96. The van der Waals surface area contributed by atoms with E-state index in [4.69, 9.17) is 0 Å². The first kappa shape index (κ1) is 14.6. The molecule has 0 aromatic carbocycles. The molecule has 0 unspecified atom stereocenters. The topological polar surface area (TPSA) is 108 Å². The number of hydrogen-bond donors (Lipinski definition) is 3. The molecule has 1 rings (SSSR count). The Hall–Kier alpha value is -1.35. The van der Waals surface area contributed by atoms with E-state index in [-0.39, 0.29) is 5.24 Å². The maximum atomic E-state index is 10.6. The number of carbonyl (C=O) groups is 2. The Labute approximate surface area is 98.5 Å². The number of piperazine rings is 1. The van der Waals surface area contributed by atoms with E-state index in [1.165, 1.54) is 7.05 Å². The SMILES string of the molecule is CN(N=O)C(N)=O.O=C(S)N1CCNCC1. The molecule has 92 valence electrons. The van der Waals surface area contributed by atoms with Gasteiger partial charge < -0.3 is 16.0 Å². The van der Waals surface area contributed by atoms with Gasteiger partial charge in [0.2, 0.25) is 0 Å². The lowest BCUT2D eigenvalue weighted by Crippen LogP contribution is -2.44. The van der Waals surface area contributed by atoms with Gasteiger partial charge in [-0.2, -0.15) is 5.01 Å². The third-order valence-electron chi connectivity index (χ3n) is 1.83. The molecule has 0 saturated carbocycles. The van der Waals surface area contributed by atoms with Crippen molar-refractivity contribution >= 4 is 23.9 Å². The van der Waals surface area contributed by atoms with Crippen LogP contribution in [-0.2, 0) is 0 Å². The van der Waals surface area contributed by atoms with E-state index in [1.807, 2.05) is 0 Å². The van der Waals surface area contributed by atoms with Crippen molar-refractivity contribution in [1.29, 1.82) is 0 Å².